The Balaban J connectivity index is 2.07. The number of carbonyl (C=O) groups excluding carboxylic acids is 1. The lowest BCUT2D eigenvalue weighted by atomic mass is 10.0. The molecule has 1 N–H and O–H groups in total. The van der Waals surface area contributed by atoms with E-state index in [1.54, 1.807) is 19.1 Å². The first-order valence-corrected chi connectivity index (χ1v) is 6.89. The first kappa shape index (κ1) is 16.8. The Morgan fingerprint density at radius 3 is 2.61 bits per heavy atom. The van der Waals surface area contributed by atoms with Crippen molar-refractivity contribution in [3.63, 3.8) is 0 Å². The van der Waals surface area contributed by atoms with Gasteiger partial charge in [-0.3, -0.25) is 9.59 Å². The average molecular weight is 324 g/mol. The minimum Gasteiger partial charge on any atom is -0.348 e. The van der Waals surface area contributed by atoms with Gasteiger partial charge in [-0.05, 0) is 30.7 Å². The molecule has 1 aromatic heterocycles. The number of carbonyl (C=O) groups is 1. The fourth-order valence-electron chi connectivity index (χ4n) is 2.10. The summed E-state index contributed by atoms with van der Waals surface area (Å²) in [7, 11) is 0. The molecule has 0 aliphatic heterocycles. The minimum atomic E-state index is -4.43. The Morgan fingerprint density at radius 1 is 1.22 bits per heavy atom. The second-order valence-corrected chi connectivity index (χ2v) is 5.08. The molecule has 23 heavy (non-hydrogen) atoms. The van der Waals surface area contributed by atoms with Crippen LogP contribution in [0.5, 0.6) is 0 Å². The van der Waals surface area contributed by atoms with Gasteiger partial charge < -0.3 is 9.88 Å². The number of nitrogens with zero attached hydrogens (tertiary/aromatic N) is 1. The Labute approximate surface area is 130 Å². The van der Waals surface area contributed by atoms with E-state index in [1.165, 1.54) is 29.0 Å². The van der Waals surface area contributed by atoms with E-state index in [4.69, 9.17) is 0 Å². The molecule has 1 atom stereocenters. The number of halogens is 3. The molecule has 0 aliphatic rings. The van der Waals surface area contributed by atoms with E-state index in [0.717, 1.165) is 12.1 Å². The SMILES string of the molecule is CC(NC(=O)Cn1ccccc1=O)c1cccc(C(F)(F)F)c1. The lowest BCUT2D eigenvalue weighted by Gasteiger charge is -2.16. The van der Waals surface area contributed by atoms with Crippen molar-refractivity contribution in [3.05, 3.63) is 70.1 Å². The highest BCUT2D eigenvalue weighted by Gasteiger charge is 2.30. The van der Waals surface area contributed by atoms with Crippen LogP contribution in [0.1, 0.15) is 24.1 Å². The highest BCUT2D eigenvalue weighted by Crippen LogP contribution is 2.30. The fourth-order valence-corrected chi connectivity index (χ4v) is 2.10. The molecule has 2 aromatic rings. The quantitative estimate of drug-likeness (QED) is 0.940. The maximum Gasteiger partial charge on any atom is 0.416 e. The predicted molar refractivity (Wildman–Crippen MR) is 78.7 cm³/mol. The third-order valence-corrected chi connectivity index (χ3v) is 3.30. The summed E-state index contributed by atoms with van der Waals surface area (Å²) in [6.45, 7) is 1.39. The summed E-state index contributed by atoms with van der Waals surface area (Å²) in [6, 6.07) is 8.67. The van der Waals surface area contributed by atoms with E-state index in [2.05, 4.69) is 5.32 Å². The molecule has 0 saturated carbocycles. The van der Waals surface area contributed by atoms with Crippen LogP contribution in [0, 0.1) is 0 Å². The second-order valence-electron chi connectivity index (χ2n) is 5.08. The van der Waals surface area contributed by atoms with Crippen molar-refractivity contribution >= 4 is 5.91 Å². The van der Waals surface area contributed by atoms with Crippen LogP contribution in [0.15, 0.2) is 53.5 Å². The molecule has 4 nitrogen and oxygen atoms in total. The molecule has 0 bridgehead atoms. The van der Waals surface area contributed by atoms with Crippen molar-refractivity contribution in [3.8, 4) is 0 Å². The van der Waals surface area contributed by atoms with Gasteiger partial charge in [-0.25, -0.2) is 0 Å². The number of hydrogen-bond acceptors (Lipinski definition) is 2. The summed E-state index contributed by atoms with van der Waals surface area (Å²) in [5.74, 6) is -0.455. The standard InChI is InChI=1S/C16H15F3N2O2/c1-11(12-5-4-6-13(9-12)16(17,18)19)20-14(22)10-21-8-3-2-7-15(21)23/h2-9,11H,10H2,1H3,(H,20,22). The predicted octanol–water partition coefficient (Wildman–Crippen LogP) is 2.74. The van der Waals surface area contributed by atoms with Gasteiger partial charge in [0.1, 0.15) is 6.54 Å². The van der Waals surface area contributed by atoms with Gasteiger partial charge in [-0.2, -0.15) is 13.2 Å². The summed E-state index contributed by atoms with van der Waals surface area (Å²) in [6.07, 6.45) is -2.96. The number of pyridine rings is 1. The molecule has 0 saturated heterocycles. The van der Waals surface area contributed by atoms with Crippen LogP contribution in [0.4, 0.5) is 13.2 Å². The molecule has 0 radical (unpaired) electrons. The Morgan fingerprint density at radius 2 is 1.96 bits per heavy atom. The van der Waals surface area contributed by atoms with Gasteiger partial charge in [0.25, 0.3) is 5.56 Å². The smallest absolute Gasteiger partial charge is 0.348 e. The Hall–Kier alpha value is -2.57. The minimum absolute atomic E-state index is 0.191. The summed E-state index contributed by atoms with van der Waals surface area (Å²) < 4.78 is 39.3. The maximum atomic E-state index is 12.7. The highest BCUT2D eigenvalue weighted by atomic mass is 19.4. The summed E-state index contributed by atoms with van der Waals surface area (Å²) in [5, 5.41) is 2.58. The fraction of sp³-hybridized carbons (Fsp3) is 0.250. The van der Waals surface area contributed by atoms with Gasteiger partial charge in [0.05, 0.1) is 11.6 Å². The Kier molecular flexibility index (Phi) is 4.88. The van der Waals surface area contributed by atoms with Crippen LogP contribution in [-0.2, 0) is 17.5 Å². The van der Waals surface area contributed by atoms with Crippen LogP contribution < -0.4 is 10.9 Å². The number of amides is 1. The van der Waals surface area contributed by atoms with Crippen molar-refractivity contribution < 1.29 is 18.0 Å². The van der Waals surface area contributed by atoms with E-state index >= 15 is 0 Å². The molecule has 0 aliphatic carbocycles. The van der Waals surface area contributed by atoms with Crippen LogP contribution in [0.3, 0.4) is 0 Å². The lowest BCUT2D eigenvalue weighted by Crippen LogP contribution is -2.33. The molecule has 1 aromatic carbocycles. The zero-order valence-electron chi connectivity index (χ0n) is 12.3. The van der Waals surface area contributed by atoms with Gasteiger partial charge in [0.2, 0.25) is 5.91 Å². The number of alkyl halides is 3. The largest absolute Gasteiger partial charge is 0.416 e. The molecule has 0 spiro atoms. The van der Waals surface area contributed by atoms with Crippen LogP contribution >= 0.6 is 0 Å². The van der Waals surface area contributed by atoms with Crippen molar-refractivity contribution in [2.45, 2.75) is 25.7 Å². The van der Waals surface area contributed by atoms with Gasteiger partial charge in [-0.15, -0.1) is 0 Å². The van der Waals surface area contributed by atoms with Gasteiger partial charge in [-0.1, -0.05) is 18.2 Å². The lowest BCUT2D eigenvalue weighted by molar-refractivity contribution is -0.137. The third kappa shape index (κ3) is 4.45. The van der Waals surface area contributed by atoms with Crippen molar-refractivity contribution in [1.29, 1.82) is 0 Å². The van der Waals surface area contributed by atoms with Crippen molar-refractivity contribution in [1.82, 2.24) is 9.88 Å². The van der Waals surface area contributed by atoms with E-state index in [0.29, 0.717) is 5.56 Å². The third-order valence-electron chi connectivity index (χ3n) is 3.30. The molecule has 122 valence electrons. The topological polar surface area (TPSA) is 51.1 Å². The number of hydrogen-bond donors (Lipinski definition) is 1. The average Bonchev–Trinajstić information content (AvgIpc) is 2.49. The molecule has 1 unspecified atom stereocenters. The molecular formula is C16H15F3N2O2. The van der Waals surface area contributed by atoms with Crippen LogP contribution in [-0.4, -0.2) is 10.5 Å². The van der Waals surface area contributed by atoms with Gasteiger partial charge >= 0.3 is 6.18 Å². The van der Waals surface area contributed by atoms with Crippen LogP contribution in [0.2, 0.25) is 0 Å². The molecule has 1 amide bonds. The van der Waals surface area contributed by atoms with Crippen molar-refractivity contribution in [2.24, 2.45) is 0 Å². The molecule has 7 heteroatoms. The molecule has 0 fully saturated rings. The molecular weight excluding hydrogens is 309 g/mol. The molecule has 2 rings (SSSR count). The molecule has 1 heterocycles. The number of nitrogens with one attached hydrogen (secondary N) is 1. The van der Waals surface area contributed by atoms with Gasteiger partial charge in [0.15, 0.2) is 0 Å². The summed E-state index contributed by atoms with van der Waals surface area (Å²) in [4.78, 5) is 23.5. The van der Waals surface area contributed by atoms with E-state index in [9.17, 15) is 22.8 Å². The zero-order valence-corrected chi connectivity index (χ0v) is 12.3. The monoisotopic (exact) mass is 324 g/mol. The maximum absolute atomic E-state index is 12.7. The van der Waals surface area contributed by atoms with Gasteiger partial charge in [0, 0.05) is 12.3 Å². The Bertz CT molecular complexity index is 753. The highest BCUT2D eigenvalue weighted by molar-refractivity contribution is 5.76. The first-order valence-electron chi connectivity index (χ1n) is 6.89. The van der Waals surface area contributed by atoms with Crippen molar-refractivity contribution in [2.75, 3.05) is 0 Å². The van der Waals surface area contributed by atoms with E-state index < -0.39 is 23.7 Å². The second kappa shape index (κ2) is 6.68. The number of rotatable bonds is 4. The first-order chi connectivity index (χ1) is 10.8. The summed E-state index contributed by atoms with van der Waals surface area (Å²) >= 11 is 0. The number of aromatic nitrogens is 1. The van der Waals surface area contributed by atoms with E-state index in [-0.39, 0.29) is 12.1 Å². The normalized spacial score (nSPS) is 12.7. The zero-order chi connectivity index (χ0) is 17.0. The number of benzene rings is 1. The summed E-state index contributed by atoms with van der Waals surface area (Å²) in [5.41, 5.74) is -0.752. The van der Waals surface area contributed by atoms with E-state index in [1.807, 2.05) is 0 Å². The van der Waals surface area contributed by atoms with Crippen LogP contribution in [0.25, 0.3) is 0 Å².